The molecule has 0 saturated heterocycles. The summed E-state index contributed by atoms with van der Waals surface area (Å²) >= 11 is 6.02. The fourth-order valence-corrected chi connectivity index (χ4v) is 2.32. The van der Waals surface area contributed by atoms with Gasteiger partial charge in [-0.3, -0.25) is 4.98 Å². The maximum atomic E-state index is 6.02. The minimum atomic E-state index is 0.750. The highest BCUT2D eigenvalue weighted by Gasteiger charge is 2.05. The number of aromatic nitrogens is 1. The molecule has 0 radical (unpaired) electrons. The second kappa shape index (κ2) is 4.43. The van der Waals surface area contributed by atoms with Crippen LogP contribution < -0.4 is 0 Å². The molecule has 88 valence electrons. The Morgan fingerprint density at radius 3 is 2.50 bits per heavy atom. The summed E-state index contributed by atoms with van der Waals surface area (Å²) in [5.41, 5.74) is 3.15. The molecule has 3 aromatic rings. The van der Waals surface area contributed by atoms with Gasteiger partial charge in [-0.15, -0.1) is 0 Å². The number of aryl methyl sites for hydroxylation is 1. The lowest BCUT2D eigenvalue weighted by Gasteiger charge is -2.07. The molecule has 0 fully saturated rings. The Morgan fingerprint density at radius 1 is 0.944 bits per heavy atom. The maximum absolute atomic E-state index is 6.02. The quantitative estimate of drug-likeness (QED) is 0.603. The van der Waals surface area contributed by atoms with Gasteiger partial charge >= 0.3 is 0 Å². The molecule has 3 rings (SSSR count). The average molecular weight is 254 g/mol. The molecule has 0 amide bonds. The van der Waals surface area contributed by atoms with Gasteiger partial charge in [-0.2, -0.15) is 0 Å². The van der Waals surface area contributed by atoms with E-state index >= 15 is 0 Å². The zero-order valence-corrected chi connectivity index (χ0v) is 10.8. The number of nitrogens with zero attached hydrogens (tertiary/aromatic N) is 1. The molecule has 0 saturated carbocycles. The van der Waals surface area contributed by atoms with Crippen LogP contribution in [0.25, 0.3) is 22.0 Å². The molecule has 2 heteroatoms. The molecule has 1 heterocycles. The van der Waals surface area contributed by atoms with Gasteiger partial charge in [-0.1, -0.05) is 48.0 Å². The Bertz CT molecular complexity index is 705. The second-order valence-corrected chi connectivity index (χ2v) is 4.76. The predicted octanol–water partition coefficient (Wildman–Crippen LogP) is 4.86. The summed E-state index contributed by atoms with van der Waals surface area (Å²) in [5, 5.41) is 3.03. The van der Waals surface area contributed by atoms with Gasteiger partial charge in [0.2, 0.25) is 0 Å². The molecule has 0 N–H and O–H groups in total. The molecule has 0 spiro atoms. The lowest BCUT2D eigenvalue weighted by molar-refractivity contribution is 1.24. The number of hydrogen-bond donors (Lipinski definition) is 0. The van der Waals surface area contributed by atoms with E-state index in [4.69, 9.17) is 11.6 Å². The zero-order chi connectivity index (χ0) is 12.5. The normalized spacial score (nSPS) is 10.8. The molecule has 1 aromatic heterocycles. The lowest BCUT2D eigenvalue weighted by atomic mass is 10.1. The Hall–Kier alpha value is -1.86. The topological polar surface area (TPSA) is 12.9 Å². The van der Waals surface area contributed by atoms with Crippen molar-refractivity contribution in [2.24, 2.45) is 0 Å². The van der Waals surface area contributed by atoms with Gasteiger partial charge < -0.3 is 0 Å². The first-order valence-corrected chi connectivity index (χ1v) is 6.24. The van der Waals surface area contributed by atoms with Crippen molar-refractivity contribution in [2.45, 2.75) is 6.92 Å². The van der Waals surface area contributed by atoms with E-state index in [9.17, 15) is 0 Å². The molecule has 0 unspecified atom stereocenters. The number of benzene rings is 2. The van der Waals surface area contributed by atoms with Gasteiger partial charge in [0.05, 0.1) is 5.69 Å². The number of hydrogen-bond acceptors (Lipinski definition) is 1. The third-order valence-corrected chi connectivity index (χ3v) is 3.29. The highest BCUT2D eigenvalue weighted by atomic mass is 35.5. The van der Waals surface area contributed by atoms with Gasteiger partial charge in [0.15, 0.2) is 0 Å². The Morgan fingerprint density at radius 2 is 1.72 bits per heavy atom. The summed E-state index contributed by atoms with van der Waals surface area (Å²) in [4.78, 5) is 4.65. The van der Waals surface area contributed by atoms with E-state index in [1.165, 1.54) is 5.39 Å². The molecule has 0 bridgehead atoms. The van der Waals surface area contributed by atoms with Gasteiger partial charge in [-0.05, 0) is 30.5 Å². The van der Waals surface area contributed by atoms with Crippen LogP contribution in [-0.4, -0.2) is 4.98 Å². The monoisotopic (exact) mass is 253 g/mol. The standard InChI is InChI=1S/C16H12ClN/c1-11-15-10-14(17)8-7-13(15)9-16(18-11)12-5-3-2-4-6-12/h2-10H,1H3. The van der Waals surface area contributed by atoms with Gasteiger partial charge in [0.1, 0.15) is 0 Å². The van der Waals surface area contributed by atoms with Crippen LogP contribution in [0.5, 0.6) is 0 Å². The number of halogens is 1. The van der Waals surface area contributed by atoms with Crippen LogP contribution in [0.4, 0.5) is 0 Å². The summed E-state index contributed by atoms with van der Waals surface area (Å²) in [6.45, 7) is 2.02. The van der Waals surface area contributed by atoms with Crippen LogP contribution in [0.1, 0.15) is 5.69 Å². The molecule has 18 heavy (non-hydrogen) atoms. The Kier molecular flexibility index (Phi) is 2.77. The first kappa shape index (κ1) is 11.2. The van der Waals surface area contributed by atoms with E-state index < -0.39 is 0 Å². The molecule has 2 aromatic carbocycles. The summed E-state index contributed by atoms with van der Waals surface area (Å²) in [7, 11) is 0. The average Bonchev–Trinajstić information content (AvgIpc) is 2.40. The van der Waals surface area contributed by atoms with Gasteiger partial charge in [-0.25, -0.2) is 0 Å². The maximum Gasteiger partial charge on any atom is 0.0711 e. The largest absolute Gasteiger partial charge is 0.252 e. The fraction of sp³-hybridized carbons (Fsp3) is 0.0625. The summed E-state index contributed by atoms with van der Waals surface area (Å²) < 4.78 is 0. The minimum absolute atomic E-state index is 0.750. The third kappa shape index (κ3) is 1.98. The van der Waals surface area contributed by atoms with Gasteiger partial charge in [0, 0.05) is 21.7 Å². The number of pyridine rings is 1. The molecule has 0 aliphatic heterocycles. The van der Waals surface area contributed by atoms with Crippen molar-refractivity contribution < 1.29 is 0 Å². The zero-order valence-electron chi connectivity index (χ0n) is 10.0. The van der Waals surface area contributed by atoms with Crippen molar-refractivity contribution in [3.63, 3.8) is 0 Å². The summed E-state index contributed by atoms with van der Waals surface area (Å²) in [6.07, 6.45) is 0. The van der Waals surface area contributed by atoms with E-state index in [0.29, 0.717) is 0 Å². The molecule has 1 nitrogen and oxygen atoms in total. The van der Waals surface area contributed by atoms with Gasteiger partial charge in [0.25, 0.3) is 0 Å². The Balaban J connectivity index is 2.25. The lowest BCUT2D eigenvalue weighted by Crippen LogP contribution is -1.89. The molecule has 0 aliphatic rings. The molecule has 0 atom stereocenters. The van der Waals surface area contributed by atoms with Crippen molar-refractivity contribution >= 4 is 22.4 Å². The van der Waals surface area contributed by atoms with Crippen LogP contribution in [0, 0.1) is 6.92 Å². The Labute approximate surface area is 111 Å². The van der Waals surface area contributed by atoms with E-state index in [-0.39, 0.29) is 0 Å². The van der Waals surface area contributed by atoms with Crippen molar-refractivity contribution in [2.75, 3.05) is 0 Å². The highest BCUT2D eigenvalue weighted by Crippen LogP contribution is 2.26. The fourth-order valence-electron chi connectivity index (χ4n) is 2.14. The minimum Gasteiger partial charge on any atom is -0.252 e. The van der Waals surface area contributed by atoms with E-state index in [1.54, 1.807) is 0 Å². The SMILES string of the molecule is Cc1nc(-c2ccccc2)cc2ccc(Cl)cc12. The number of fused-ring (bicyclic) bond motifs is 1. The van der Waals surface area contributed by atoms with E-state index in [1.807, 2.05) is 43.3 Å². The summed E-state index contributed by atoms with van der Waals surface area (Å²) in [5.74, 6) is 0. The van der Waals surface area contributed by atoms with Crippen LogP contribution in [0.15, 0.2) is 54.6 Å². The third-order valence-electron chi connectivity index (χ3n) is 3.06. The van der Waals surface area contributed by atoms with E-state index in [2.05, 4.69) is 23.2 Å². The summed E-state index contributed by atoms with van der Waals surface area (Å²) in [6, 6.07) is 18.2. The molecule has 0 aliphatic carbocycles. The van der Waals surface area contributed by atoms with Crippen LogP contribution >= 0.6 is 11.6 Å². The van der Waals surface area contributed by atoms with Crippen molar-refractivity contribution in [1.82, 2.24) is 4.98 Å². The van der Waals surface area contributed by atoms with Crippen LogP contribution in [0.2, 0.25) is 5.02 Å². The smallest absolute Gasteiger partial charge is 0.0711 e. The van der Waals surface area contributed by atoms with Crippen molar-refractivity contribution in [3.05, 3.63) is 65.3 Å². The first-order chi connectivity index (χ1) is 8.74. The van der Waals surface area contributed by atoms with Crippen LogP contribution in [-0.2, 0) is 0 Å². The second-order valence-electron chi connectivity index (χ2n) is 4.32. The van der Waals surface area contributed by atoms with E-state index in [0.717, 1.165) is 27.4 Å². The highest BCUT2D eigenvalue weighted by molar-refractivity contribution is 6.31. The van der Waals surface area contributed by atoms with Crippen LogP contribution in [0.3, 0.4) is 0 Å². The van der Waals surface area contributed by atoms with Crippen molar-refractivity contribution in [1.29, 1.82) is 0 Å². The molecular weight excluding hydrogens is 242 g/mol. The predicted molar refractivity (Wildman–Crippen MR) is 76.9 cm³/mol. The molecular formula is C16H12ClN. The first-order valence-electron chi connectivity index (χ1n) is 5.86. The van der Waals surface area contributed by atoms with Crippen molar-refractivity contribution in [3.8, 4) is 11.3 Å². The number of rotatable bonds is 1.